The summed E-state index contributed by atoms with van der Waals surface area (Å²) in [6.45, 7) is 3.05. The van der Waals surface area contributed by atoms with E-state index in [1.807, 2.05) is 6.92 Å². The quantitative estimate of drug-likeness (QED) is 0.739. The van der Waals surface area contributed by atoms with E-state index >= 15 is 0 Å². The Morgan fingerprint density at radius 1 is 1.50 bits per heavy atom. The summed E-state index contributed by atoms with van der Waals surface area (Å²) >= 11 is 0. The molecule has 0 aliphatic rings. The number of rotatable bonds is 5. The number of aryl methyl sites for hydroxylation is 1. The van der Waals surface area contributed by atoms with E-state index in [0.29, 0.717) is 25.4 Å². The molecule has 0 saturated carbocycles. The van der Waals surface area contributed by atoms with Gasteiger partial charge in [-0.2, -0.15) is 0 Å². The van der Waals surface area contributed by atoms with Crippen LogP contribution in [0, 0.1) is 0 Å². The number of aromatic nitrogens is 2. The van der Waals surface area contributed by atoms with Gasteiger partial charge in [-0.15, -0.1) is 0 Å². The fourth-order valence-electron chi connectivity index (χ4n) is 1.46. The number of ether oxygens (including phenoxy) is 2. The number of hydrogen-bond acceptors (Lipinski definition) is 5. The van der Waals surface area contributed by atoms with Crippen molar-refractivity contribution in [3.63, 3.8) is 0 Å². The zero-order chi connectivity index (χ0) is 12.1. The Morgan fingerprint density at radius 2 is 2.19 bits per heavy atom. The highest BCUT2D eigenvalue weighted by Gasteiger charge is 2.19. The predicted molar refractivity (Wildman–Crippen MR) is 59.2 cm³/mol. The standard InChI is InChI=1S/C10H17N3O3/c1-4-7-12-8(10(14)16-3)9(11)13(7)5-6-15-2/h4-6,11H2,1-3H3. The molecule has 0 radical (unpaired) electrons. The molecule has 6 nitrogen and oxygen atoms in total. The van der Waals surface area contributed by atoms with Crippen LogP contribution in [0.5, 0.6) is 0 Å². The molecule has 0 aliphatic heterocycles. The molecule has 6 heteroatoms. The maximum Gasteiger partial charge on any atom is 0.360 e. The van der Waals surface area contributed by atoms with Crippen LogP contribution in [0.15, 0.2) is 0 Å². The average Bonchev–Trinajstić information content (AvgIpc) is 2.62. The minimum atomic E-state index is -0.511. The molecule has 0 spiro atoms. The van der Waals surface area contributed by atoms with E-state index in [4.69, 9.17) is 10.5 Å². The second kappa shape index (κ2) is 5.50. The van der Waals surface area contributed by atoms with Crippen molar-refractivity contribution >= 4 is 11.8 Å². The van der Waals surface area contributed by atoms with Crippen LogP contribution in [-0.4, -0.2) is 36.3 Å². The first-order valence-corrected chi connectivity index (χ1v) is 5.07. The maximum absolute atomic E-state index is 11.4. The lowest BCUT2D eigenvalue weighted by atomic mass is 10.4. The highest BCUT2D eigenvalue weighted by molar-refractivity contribution is 5.92. The van der Waals surface area contributed by atoms with Gasteiger partial charge in [0, 0.05) is 20.1 Å². The summed E-state index contributed by atoms with van der Waals surface area (Å²) < 4.78 is 11.4. The molecule has 16 heavy (non-hydrogen) atoms. The van der Waals surface area contributed by atoms with E-state index in [1.54, 1.807) is 11.7 Å². The van der Waals surface area contributed by atoms with Gasteiger partial charge in [-0.25, -0.2) is 9.78 Å². The molecule has 0 atom stereocenters. The van der Waals surface area contributed by atoms with Crippen LogP contribution < -0.4 is 5.73 Å². The molecule has 1 rings (SSSR count). The molecule has 0 amide bonds. The maximum atomic E-state index is 11.4. The minimum Gasteiger partial charge on any atom is -0.464 e. The van der Waals surface area contributed by atoms with E-state index in [0.717, 1.165) is 5.82 Å². The van der Waals surface area contributed by atoms with E-state index < -0.39 is 5.97 Å². The monoisotopic (exact) mass is 227 g/mol. The first-order valence-electron chi connectivity index (χ1n) is 5.07. The Hall–Kier alpha value is -1.56. The molecular weight excluding hydrogens is 210 g/mol. The van der Waals surface area contributed by atoms with E-state index in [-0.39, 0.29) is 5.69 Å². The molecule has 0 unspecified atom stereocenters. The number of hydrogen-bond donors (Lipinski definition) is 1. The molecule has 0 aromatic carbocycles. The Bertz CT molecular complexity index is 374. The lowest BCUT2D eigenvalue weighted by Gasteiger charge is -2.07. The van der Waals surface area contributed by atoms with Crippen molar-refractivity contribution in [1.29, 1.82) is 0 Å². The van der Waals surface area contributed by atoms with Crippen LogP contribution in [0.2, 0.25) is 0 Å². The highest BCUT2D eigenvalue weighted by atomic mass is 16.5. The Morgan fingerprint density at radius 3 is 2.69 bits per heavy atom. The van der Waals surface area contributed by atoms with Crippen LogP contribution >= 0.6 is 0 Å². The van der Waals surface area contributed by atoms with Gasteiger partial charge in [0.05, 0.1) is 13.7 Å². The van der Waals surface area contributed by atoms with Gasteiger partial charge in [-0.1, -0.05) is 6.92 Å². The number of anilines is 1. The van der Waals surface area contributed by atoms with Gasteiger partial charge < -0.3 is 19.8 Å². The van der Waals surface area contributed by atoms with Crippen LogP contribution in [0.4, 0.5) is 5.82 Å². The summed E-state index contributed by atoms with van der Waals surface area (Å²) in [5.41, 5.74) is 6.02. The summed E-state index contributed by atoms with van der Waals surface area (Å²) in [5.74, 6) is 0.582. The molecular formula is C10H17N3O3. The third-order valence-electron chi connectivity index (χ3n) is 2.30. The molecule has 1 heterocycles. The van der Waals surface area contributed by atoms with Crippen molar-refractivity contribution < 1.29 is 14.3 Å². The summed E-state index contributed by atoms with van der Waals surface area (Å²) in [6, 6.07) is 0. The fourth-order valence-corrected chi connectivity index (χ4v) is 1.46. The van der Waals surface area contributed by atoms with Gasteiger partial charge in [-0.3, -0.25) is 0 Å². The van der Waals surface area contributed by atoms with Crippen molar-refractivity contribution in [3.8, 4) is 0 Å². The van der Waals surface area contributed by atoms with Gasteiger partial charge >= 0.3 is 5.97 Å². The number of nitrogen functional groups attached to an aromatic ring is 1. The van der Waals surface area contributed by atoms with Crippen molar-refractivity contribution in [2.75, 3.05) is 26.6 Å². The van der Waals surface area contributed by atoms with Gasteiger partial charge in [0.25, 0.3) is 0 Å². The third kappa shape index (κ3) is 2.33. The first kappa shape index (κ1) is 12.5. The number of methoxy groups -OCH3 is 2. The van der Waals surface area contributed by atoms with E-state index in [1.165, 1.54) is 7.11 Å². The number of nitrogens with two attached hydrogens (primary N) is 1. The molecule has 0 fully saturated rings. The van der Waals surface area contributed by atoms with Crippen LogP contribution in [0.3, 0.4) is 0 Å². The topological polar surface area (TPSA) is 79.4 Å². The third-order valence-corrected chi connectivity index (χ3v) is 2.30. The predicted octanol–water partition coefficient (Wildman–Crippen LogP) is 0.461. The van der Waals surface area contributed by atoms with Gasteiger partial charge in [0.15, 0.2) is 5.69 Å². The van der Waals surface area contributed by atoms with Crippen molar-refractivity contribution in [1.82, 2.24) is 9.55 Å². The first-order chi connectivity index (χ1) is 7.65. The lowest BCUT2D eigenvalue weighted by molar-refractivity contribution is 0.0595. The van der Waals surface area contributed by atoms with Crippen molar-refractivity contribution in [2.24, 2.45) is 0 Å². The Kier molecular flexibility index (Phi) is 4.30. The second-order valence-corrected chi connectivity index (χ2v) is 3.25. The molecule has 0 saturated heterocycles. The molecule has 1 aromatic rings. The molecule has 0 aliphatic carbocycles. The zero-order valence-electron chi connectivity index (χ0n) is 9.82. The second-order valence-electron chi connectivity index (χ2n) is 3.25. The minimum absolute atomic E-state index is 0.176. The Balaban J connectivity index is 3.05. The van der Waals surface area contributed by atoms with Crippen molar-refractivity contribution in [2.45, 2.75) is 19.9 Å². The van der Waals surface area contributed by atoms with Gasteiger partial charge in [0.1, 0.15) is 11.6 Å². The van der Waals surface area contributed by atoms with Gasteiger partial charge in [0.2, 0.25) is 0 Å². The summed E-state index contributed by atoms with van der Waals surface area (Å²) in [6.07, 6.45) is 0.699. The SMILES string of the molecule is CCc1nc(C(=O)OC)c(N)n1CCOC. The van der Waals surface area contributed by atoms with Crippen LogP contribution in [0.25, 0.3) is 0 Å². The Labute approximate surface area is 94.4 Å². The van der Waals surface area contributed by atoms with Crippen molar-refractivity contribution in [3.05, 3.63) is 11.5 Å². The number of esters is 1. The molecule has 1 aromatic heterocycles. The summed E-state index contributed by atoms with van der Waals surface area (Å²) in [5, 5.41) is 0. The normalized spacial score (nSPS) is 10.4. The smallest absolute Gasteiger partial charge is 0.360 e. The average molecular weight is 227 g/mol. The van der Waals surface area contributed by atoms with Crippen LogP contribution in [-0.2, 0) is 22.4 Å². The number of carbonyl (C=O) groups excluding carboxylic acids is 1. The largest absolute Gasteiger partial charge is 0.464 e. The summed E-state index contributed by atoms with van der Waals surface area (Å²) in [7, 11) is 2.92. The zero-order valence-corrected chi connectivity index (χ0v) is 9.82. The van der Waals surface area contributed by atoms with E-state index in [2.05, 4.69) is 9.72 Å². The van der Waals surface area contributed by atoms with Gasteiger partial charge in [-0.05, 0) is 0 Å². The molecule has 0 bridgehead atoms. The fraction of sp³-hybridized carbons (Fsp3) is 0.600. The summed E-state index contributed by atoms with van der Waals surface area (Å²) in [4.78, 5) is 15.5. The number of carbonyl (C=O) groups is 1. The number of nitrogens with zero attached hydrogens (tertiary/aromatic N) is 2. The van der Waals surface area contributed by atoms with E-state index in [9.17, 15) is 4.79 Å². The van der Waals surface area contributed by atoms with Crippen LogP contribution in [0.1, 0.15) is 23.2 Å². The molecule has 2 N–H and O–H groups in total. The lowest BCUT2D eigenvalue weighted by Crippen LogP contribution is -2.12. The number of imidazole rings is 1. The molecule has 90 valence electrons. The highest BCUT2D eigenvalue weighted by Crippen LogP contribution is 2.16.